The van der Waals surface area contributed by atoms with Gasteiger partial charge in [0.25, 0.3) is 0 Å². The Morgan fingerprint density at radius 1 is 1.29 bits per heavy atom. The van der Waals surface area contributed by atoms with E-state index < -0.39 is 0 Å². The molecule has 0 fully saturated rings. The first-order chi connectivity index (χ1) is 9.83. The molecule has 0 bridgehead atoms. The van der Waals surface area contributed by atoms with Gasteiger partial charge in [0.15, 0.2) is 11.7 Å². The standard InChI is InChI=1S/C16H20BrClN2O/c1-16(2,3)20-6-4-5-15-19-10-14(21-15)11-7-12(17)9-13(18)8-11/h7-10,20H,4-6H2,1-3H3. The highest BCUT2D eigenvalue weighted by molar-refractivity contribution is 9.10. The molecule has 0 unspecified atom stereocenters. The van der Waals surface area contributed by atoms with Crippen LogP contribution in [0, 0.1) is 0 Å². The molecule has 0 aliphatic rings. The van der Waals surface area contributed by atoms with Crippen LogP contribution in [0.1, 0.15) is 33.1 Å². The van der Waals surface area contributed by atoms with Gasteiger partial charge in [-0.1, -0.05) is 27.5 Å². The van der Waals surface area contributed by atoms with Gasteiger partial charge in [0.2, 0.25) is 0 Å². The van der Waals surface area contributed by atoms with Crippen molar-refractivity contribution >= 4 is 27.5 Å². The lowest BCUT2D eigenvalue weighted by Crippen LogP contribution is -2.36. The maximum absolute atomic E-state index is 6.05. The molecule has 0 atom stereocenters. The molecule has 0 saturated carbocycles. The van der Waals surface area contributed by atoms with Crippen LogP contribution in [0.4, 0.5) is 0 Å². The van der Waals surface area contributed by atoms with Crippen LogP contribution in [0.3, 0.4) is 0 Å². The summed E-state index contributed by atoms with van der Waals surface area (Å²) in [6.07, 6.45) is 3.58. The molecule has 0 radical (unpaired) electrons. The highest BCUT2D eigenvalue weighted by Gasteiger charge is 2.10. The van der Waals surface area contributed by atoms with Crippen LogP contribution in [-0.2, 0) is 6.42 Å². The van der Waals surface area contributed by atoms with E-state index in [0.717, 1.165) is 41.1 Å². The number of hydrogen-bond donors (Lipinski definition) is 1. The van der Waals surface area contributed by atoms with E-state index in [0.29, 0.717) is 5.02 Å². The van der Waals surface area contributed by atoms with Crippen LogP contribution in [0.25, 0.3) is 11.3 Å². The zero-order chi connectivity index (χ0) is 15.5. The number of rotatable bonds is 5. The van der Waals surface area contributed by atoms with Gasteiger partial charge in [-0.2, -0.15) is 0 Å². The second-order valence-electron chi connectivity index (χ2n) is 6.06. The van der Waals surface area contributed by atoms with Gasteiger partial charge >= 0.3 is 0 Å². The average molecular weight is 372 g/mol. The fraction of sp³-hybridized carbons (Fsp3) is 0.438. The second-order valence-corrected chi connectivity index (χ2v) is 7.41. The number of oxazole rings is 1. The zero-order valence-corrected chi connectivity index (χ0v) is 14.9. The van der Waals surface area contributed by atoms with Gasteiger partial charge in [-0.15, -0.1) is 0 Å². The van der Waals surface area contributed by atoms with E-state index >= 15 is 0 Å². The van der Waals surface area contributed by atoms with Crippen molar-refractivity contribution in [3.63, 3.8) is 0 Å². The van der Waals surface area contributed by atoms with Crippen LogP contribution in [0.5, 0.6) is 0 Å². The van der Waals surface area contributed by atoms with E-state index in [9.17, 15) is 0 Å². The molecule has 0 aliphatic carbocycles. The molecule has 0 aliphatic heterocycles. The Hall–Kier alpha value is -0.840. The molecule has 0 amide bonds. The highest BCUT2D eigenvalue weighted by atomic mass is 79.9. The monoisotopic (exact) mass is 370 g/mol. The highest BCUT2D eigenvalue weighted by Crippen LogP contribution is 2.28. The van der Waals surface area contributed by atoms with Crippen molar-refractivity contribution in [3.05, 3.63) is 39.8 Å². The molecule has 3 nitrogen and oxygen atoms in total. The molecule has 1 heterocycles. The van der Waals surface area contributed by atoms with E-state index in [-0.39, 0.29) is 5.54 Å². The Morgan fingerprint density at radius 2 is 2.05 bits per heavy atom. The topological polar surface area (TPSA) is 38.1 Å². The minimum atomic E-state index is 0.148. The summed E-state index contributed by atoms with van der Waals surface area (Å²) in [4.78, 5) is 4.33. The Kier molecular flexibility index (Phi) is 5.47. The maximum atomic E-state index is 6.05. The quantitative estimate of drug-likeness (QED) is 0.745. The third-order valence-corrected chi connectivity index (χ3v) is 3.60. The summed E-state index contributed by atoms with van der Waals surface area (Å²) in [6, 6.07) is 5.69. The summed E-state index contributed by atoms with van der Waals surface area (Å²) in [5.74, 6) is 1.51. The van der Waals surface area contributed by atoms with Gasteiger partial charge in [0.1, 0.15) is 0 Å². The molecule has 2 aromatic rings. The lowest BCUT2D eigenvalue weighted by atomic mass is 10.1. The fourth-order valence-electron chi connectivity index (χ4n) is 1.96. The normalized spacial score (nSPS) is 11.9. The minimum Gasteiger partial charge on any atom is -0.441 e. The lowest BCUT2D eigenvalue weighted by molar-refractivity contribution is 0.412. The third-order valence-electron chi connectivity index (χ3n) is 2.92. The van der Waals surface area contributed by atoms with Crippen molar-refractivity contribution in [2.75, 3.05) is 6.54 Å². The molecule has 114 valence electrons. The number of aryl methyl sites for hydroxylation is 1. The van der Waals surface area contributed by atoms with Crippen molar-refractivity contribution in [2.24, 2.45) is 0 Å². The van der Waals surface area contributed by atoms with Crippen molar-refractivity contribution in [1.82, 2.24) is 10.3 Å². The first kappa shape index (κ1) is 16.5. The van der Waals surface area contributed by atoms with Gasteiger partial charge < -0.3 is 9.73 Å². The number of hydrogen-bond acceptors (Lipinski definition) is 3. The summed E-state index contributed by atoms with van der Waals surface area (Å²) < 4.78 is 6.72. The number of nitrogens with zero attached hydrogens (tertiary/aromatic N) is 1. The molecule has 1 N–H and O–H groups in total. The Balaban J connectivity index is 1.95. The summed E-state index contributed by atoms with van der Waals surface area (Å²) in [6.45, 7) is 7.43. The van der Waals surface area contributed by atoms with E-state index in [1.54, 1.807) is 6.20 Å². The van der Waals surface area contributed by atoms with Gasteiger partial charge in [-0.25, -0.2) is 4.98 Å². The molecule has 1 aromatic heterocycles. The van der Waals surface area contributed by atoms with E-state index in [4.69, 9.17) is 16.0 Å². The summed E-state index contributed by atoms with van der Waals surface area (Å²) in [5.41, 5.74) is 1.08. The lowest BCUT2D eigenvalue weighted by Gasteiger charge is -2.19. The molecule has 0 spiro atoms. The smallest absolute Gasteiger partial charge is 0.194 e. The molecule has 21 heavy (non-hydrogen) atoms. The fourth-order valence-corrected chi connectivity index (χ4v) is 2.82. The second kappa shape index (κ2) is 6.95. The third kappa shape index (κ3) is 5.46. The zero-order valence-electron chi connectivity index (χ0n) is 12.5. The van der Waals surface area contributed by atoms with Gasteiger partial charge in [0, 0.05) is 27.0 Å². The SMILES string of the molecule is CC(C)(C)NCCCc1ncc(-c2cc(Cl)cc(Br)c2)o1. The molecular formula is C16H20BrClN2O. The predicted molar refractivity (Wildman–Crippen MR) is 90.7 cm³/mol. The van der Waals surface area contributed by atoms with E-state index in [1.807, 2.05) is 18.2 Å². The number of benzene rings is 1. The van der Waals surface area contributed by atoms with Crippen LogP contribution in [-0.4, -0.2) is 17.1 Å². The summed E-state index contributed by atoms with van der Waals surface area (Å²) in [5, 5.41) is 4.13. The summed E-state index contributed by atoms with van der Waals surface area (Å²) >= 11 is 9.48. The first-order valence-electron chi connectivity index (χ1n) is 7.00. The maximum Gasteiger partial charge on any atom is 0.194 e. The Bertz CT molecular complexity index is 584. The average Bonchev–Trinajstić information content (AvgIpc) is 2.81. The molecule has 0 saturated heterocycles. The van der Waals surface area contributed by atoms with E-state index in [2.05, 4.69) is 47.0 Å². The van der Waals surface area contributed by atoms with Gasteiger partial charge in [0.05, 0.1) is 6.20 Å². The van der Waals surface area contributed by atoms with Crippen molar-refractivity contribution in [3.8, 4) is 11.3 Å². The van der Waals surface area contributed by atoms with E-state index in [1.165, 1.54) is 0 Å². The molecular weight excluding hydrogens is 352 g/mol. The Morgan fingerprint density at radius 3 is 2.71 bits per heavy atom. The van der Waals surface area contributed by atoms with Crippen LogP contribution in [0.15, 0.2) is 33.3 Å². The van der Waals surface area contributed by atoms with Gasteiger partial charge in [-0.3, -0.25) is 0 Å². The molecule has 5 heteroatoms. The van der Waals surface area contributed by atoms with Crippen molar-refractivity contribution in [1.29, 1.82) is 0 Å². The van der Waals surface area contributed by atoms with Crippen LogP contribution < -0.4 is 5.32 Å². The van der Waals surface area contributed by atoms with Crippen molar-refractivity contribution in [2.45, 2.75) is 39.2 Å². The van der Waals surface area contributed by atoms with Crippen molar-refractivity contribution < 1.29 is 4.42 Å². The van der Waals surface area contributed by atoms with Crippen LogP contribution in [0.2, 0.25) is 5.02 Å². The van der Waals surface area contributed by atoms with Crippen LogP contribution >= 0.6 is 27.5 Å². The molecule has 2 rings (SSSR count). The number of nitrogens with one attached hydrogen (secondary N) is 1. The largest absolute Gasteiger partial charge is 0.441 e. The Labute approximate surface area is 139 Å². The number of aromatic nitrogens is 1. The minimum absolute atomic E-state index is 0.148. The number of halogens is 2. The predicted octanol–water partition coefficient (Wildman–Crippen LogP) is 5.08. The summed E-state index contributed by atoms with van der Waals surface area (Å²) in [7, 11) is 0. The molecule has 1 aromatic carbocycles. The van der Waals surface area contributed by atoms with Gasteiger partial charge in [-0.05, 0) is 51.9 Å². The first-order valence-corrected chi connectivity index (χ1v) is 8.17.